The van der Waals surface area contributed by atoms with Gasteiger partial charge in [-0.25, -0.2) is 5.43 Å². The van der Waals surface area contributed by atoms with Gasteiger partial charge in [0.05, 0.1) is 15.8 Å². The van der Waals surface area contributed by atoms with Crippen molar-refractivity contribution < 1.29 is 4.79 Å². The lowest BCUT2D eigenvalue weighted by atomic mass is 10.1. The molecule has 1 amide bonds. The molecule has 0 aliphatic carbocycles. The van der Waals surface area contributed by atoms with Crippen LogP contribution in [0.4, 0.5) is 0 Å². The van der Waals surface area contributed by atoms with E-state index in [1.165, 1.54) is 0 Å². The van der Waals surface area contributed by atoms with Crippen molar-refractivity contribution in [3.8, 4) is 0 Å². The number of carbonyl (C=O) groups excluding carboxylic acids is 1. The fraction of sp³-hybridized carbons (Fsp3) is 0.0769. The van der Waals surface area contributed by atoms with E-state index in [2.05, 4.69) is 15.5 Å². The molecule has 19 heavy (non-hydrogen) atoms. The first-order chi connectivity index (χ1) is 9.08. The fourth-order valence-electron chi connectivity index (χ4n) is 1.45. The van der Waals surface area contributed by atoms with Gasteiger partial charge in [0.15, 0.2) is 0 Å². The van der Waals surface area contributed by atoms with Crippen LogP contribution < -0.4 is 5.43 Å². The average molecular weight is 296 g/mol. The number of hydrogen-bond acceptors (Lipinski definition) is 2. The van der Waals surface area contributed by atoms with E-state index in [1.807, 2.05) is 0 Å². The van der Waals surface area contributed by atoms with E-state index in [4.69, 9.17) is 23.2 Å². The molecule has 0 saturated heterocycles. The van der Waals surface area contributed by atoms with Gasteiger partial charge in [0.25, 0.3) is 5.91 Å². The number of H-pyrrole nitrogens is 1. The second kappa shape index (κ2) is 5.91. The van der Waals surface area contributed by atoms with Gasteiger partial charge in [-0.05, 0) is 36.8 Å². The van der Waals surface area contributed by atoms with Crippen molar-refractivity contribution in [1.82, 2.24) is 10.4 Å². The van der Waals surface area contributed by atoms with Gasteiger partial charge in [0, 0.05) is 6.20 Å². The van der Waals surface area contributed by atoms with Crippen molar-refractivity contribution in [2.75, 3.05) is 0 Å². The van der Waals surface area contributed by atoms with Gasteiger partial charge in [-0.15, -0.1) is 0 Å². The molecule has 1 aromatic carbocycles. The van der Waals surface area contributed by atoms with Gasteiger partial charge in [-0.1, -0.05) is 29.3 Å². The zero-order valence-corrected chi connectivity index (χ0v) is 11.6. The summed E-state index contributed by atoms with van der Waals surface area (Å²) in [5.41, 5.74) is 4.34. The molecule has 2 rings (SSSR count). The number of benzene rings is 1. The van der Waals surface area contributed by atoms with Gasteiger partial charge < -0.3 is 4.98 Å². The van der Waals surface area contributed by atoms with Gasteiger partial charge in [-0.2, -0.15) is 5.10 Å². The lowest BCUT2D eigenvalue weighted by molar-refractivity contribution is 0.0950. The first-order valence-electron chi connectivity index (χ1n) is 5.51. The molecule has 98 valence electrons. The number of amides is 1. The summed E-state index contributed by atoms with van der Waals surface area (Å²) in [6.45, 7) is 1.77. The van der Waals surface area contributed by atoms with Crippen molar-refractivity contribution >= 4 is 34.8 Å². The third-order valence-electron chi connectivity index (χ3n) is 2.51. The highest BCUT2D eigenvalue weighted by Gasteiger charge is 2.06. The summed E-state index contributed by atoms with van der Waals surface area (Å²) in [5, 5.41) is 4.95. The Morgan fingerprint density at radius 1 is 1.26 bits per heavy atom. The van der Waals surface area contributed by atoms with E-state index in [0.29, 0.717) is 21.5 Å². The van der Waals surface area contributed by atoms with Gasteiger partial charge >= 0.3 is 0 Å². The maximum Gasteiger partial charge on any atom is 0.287 e. The van der Waals surface area contributed by atoms with E-state index in [-0.39, 0.29) is 5.91 Å². The highest BCUT2D eigenvalue weighted by atomic mass is 35.5. The molecule has 0 radical (unpaired) electrons. The number of aromatic amines is 1. The van der Waals surface area contributed by atoms with Gasteiger partial charge in [0.2, 0.25) is 0 Å². The summed E-state index contributed by atoms with van der Waals surface area (Å²) in [5.74, 6) is -0.301. The minimum absolute atomic E-state index is 0.301. The standard InChI is InChI=1S/C13H11Cl2N3O/c1-8(9-4-5-10(14)11(15)7-9)17-18-13(19)12-3-2-6-16-12/h2-7,16H,1H3,(H,18,19)/b17-8-. The number of nitrogens with one attached hydrogen (secondary N) is 2. The smallest absolute Gasteiger partial charge is 0.287 e. The molecule has 0 aliphatic heterocycles. The Morgan fingerprint density at radius 3 is 2.68 bits per heavy atom. The van der Waals surface area contributed by atoms with Crippen LogP contribution in [0.25, 0.3) is 0 Å². The predicted octanol–water partition coefficient (Wildman–Crippen LogP) is 3.48. The second-order valence-electron chi connectivity index (χ2n) is 3.85. The monoisotopic (exact) mass is 295 g/mol. The first kappa shape index (κ1) is 13.6. The molecule has 0 aliphatic rings. The van der Waals surface area contributed by atoms with Gasteiger partial charge in [-0.3, -0.25) is 4.79 Å². The quantitative estimate of drug-likeness (QED) is 0.661. The van der Waals surface area contributed by atoms with E-state index < -0.39 is 0 Å². The predicted molar refractivity (Wildman–Crippen MR) is 76.9 cm³/mol. The van der Waals surface area contributed by atoms with E-state index >= 15 is 0 Å². The Labute approximate surface area is 120 Å². The molecule has 6 heteroatoms. The zero-order chi connectivity index (χ0) is 13.8. The zero-order valence-electron chi connectivity index (χ0n) is 10.1. The largest absolute Gasteiger partial charge is 0.357 e. The minimum atomic E-state index is -0.301. The van der Waals surface area contributed by atoms with Crippen LogP contribution in [0.2, 0.25) is 10.0 Å². The third kappa shape index (κ3) is 3.36. The van der Waals surface area contributed by atoms with Crippen molar-refractivity contribution in [1.29, 1.82) is 0 Å². The number of hydrogen-bond donors (Lipinski definition) is 2. The first-order valence-corrected chi connectivity index (χ1v) is 6.27. The fourth-order valence-corrected chi connectivity index (χ4v) is 1.75. The molecule has 1 heterocycles. The van der Waals surface area contributed by atoms with Crippen molar-refractivity contribution in [2.24, 2.45) is 5.10 Å². The number of carbonyl (C=O) groups is 1. The molecular weight excluding hydrogens is 285 g/mol. The summed E-state index contributed by atoms with van der Waals surface area (Å²) >= 11 is 11.8. The van der Waals surface area contributed by atoms with Crippen molar-refractivity contribution in [2.45, 2.75) is 6.92 Å². The Hall–Kier alpha value is -1.78. The maximum atomic E-state index is 11.7. The van der Waals surface area contributed by atoms with Crippen LogP contribution in [0.1, 0.15) is 23.0 Å². The molecule has 0 spiro atoms. The van der Waals surface area contributed by atoms with E-state index in [1.54, 1.807) is 43.5 Å². The molecule has 2 N–H and O–H groups in total. The maximum absolute atomic E-state index is 11.7. The summed E-state index contributed by atoms with van der Waals surface area (Å²) < 4.78 is 0. The average Bonchev–Trinajstić information content (AvgIpc) is 2.92. The summed E-state index contributed by atoms with van der Waals surface area (Å²) in [6, 6.07) is 8.58. The highest BCUT2D eigenvalue weighted by Crippen LogP contribution is 2.22. The lowest BCUT2D eigenvalue weighted by Gasteiger charge is -2.03. The minimum Gasteiger partial charge on any atom is -0.357 e. The highest BCUT2D eigenvalue weighted by molar-refractivity contribution is 6.42. The molecule has 0 atom stereocenters. The van der Waals surface area contributed by atoms with Gasteiger partial charge in [0.1, 0.15) is 5.69 Å². The van der Waals surface area contributed by atoms with Crippen LogP contribution in [-0.4, -0.2) is 16.6 Å². The van der Waals surface area contributed by atoms with Crippen LogP contribution in [0, 0.1) is 0 Å². The van der Waals surface area contributed by atoms with E-state index in [9.17, 15) is 4.79 Å². The van der Waals surface area contributed by atoms with Crippen LogP contribution in [0.15, 0.2) is 41.6 Å². The second-order valence-corrected chi connectivity index (χ2v) is 4.67. The Bertz CT molecular complexity index is 621. The molecule has 2 aromatic rings. The number of hydrazone groups is 1. The molecular formula is C13H11Cl2N3O. The topological polar surface area (TPSA) is 57.2 Å². The third-order valence-corrected chi connectivity index (χ3v) is 3.24. The van der Waals surface area contributed by atoms with Crippen molar-refractivity contribution in [3.63, 3.8) is 0 Å². The Balaban J connectivity index is 2.10. The van der Waals surface area contributed by atoms with Crippen LogP contribution >= 0.6 is 23.2 Å². The molecule has 1 aromatic heterocycles. The van der Waals surface area contributed by atoms with E-state index in [0.717, 1.165) is 5.56 Å². The summed E-state index contributed by atoms with van der Waals surface area (Å²) in [7, 11) is 0. The number of halogens is 2. The SMILES string of the molecule is C/C(=N/NC(=O)c1ccc[nH]1)c1ccc(Cl)c(Cl)c1. The van der Waals surface area contributed by atoms with Crippen LogP contribution in [0.3, 0.4) is 0 Å². The number of rotatable bonds is 3. The van der Waals surface area contributed by atoms with Crippen molar-refractivity contribution in [3.05, 3.63) is 57.8 Å². The number of nitrogens with zero attached hydrogens (tertiary/aromatic N) is 1. The Kier molecular flexibility index (Phi) is 4.24. The molecule has 4 nitrogen and oxygen atoms in total. The lowest BCUT2D eigenvalue weighted by Crippen LogP contribution is -2.19. The molecule has 0 saturated carbocycles. The summed E-state index contributed by atoms with van der Waals surface area (Å²) in [6.07, 6.45) is 1.67. The van der Waals surface area contributed by atoms with Crippen LogP contribution in [0.5, 0.6) is 0 Å². The molecule has 0 fully saturated rings. The Morgan fingerprint density at radius 2 is 2.05 bits per heavy atom. The molecule has 0 bridgehead atoms. The van der Waals surface area contributed by atoms with Crippen LogP contribution in [-0.2, 0) is 0 Å². The normalized spacial score (nSPS) is 11.4. The summed E-state index contributed by atoms with van der Waals surface area (Å²) in [4.78, 5) is 14.5. The number of aromatic nitrogens is 1. The molecule has 0 unspecified atom stereocenters.